The zero-order valence-corrected chi connectivity index (χ0v) is 16.8. The quantitative estimate of drug-likeness (QED) is 0.543. The summed E-state index contributed by atoms with van der Waals surface area (Å²) in [6.45, 7) is 6.56. The molecule has 1 aromatic rings. The molecule has 0 bridgehead atoms. The van der Waals surface area contributed by atoms with Gasteiger partial charge in [0.15, 0.2) is 5.96 Å². The molecule has 0 amide bonds. The van der Waals surface area contributed by atoms with Gasteiger partial charge in [0.1, 0.15) is 0 Å². The smallest absolute Gasteiger partial charge is 0.240 e. The Kier molecular flexibility index (Phi) is 7.09. The summed E-state index contributed by atoms with van der Waals surface area (Å²) in [6.07, 6.45) is 4.30. The predicted molar refractivity (Wildman–Crippen MR) is 106 cm³/mol. The molecule has 0 radical (unpaired) electrons. The first-order valence-electron chi connectivity index (χ1n) is 9.82. The molecular weight excluding hydrogens is 364 g/mol. The fourth-order valence-corrected chi connectivity index (χ4v) is 4.45. The van der Waals surface area contributed by atoms with Crippen molar-refractivity contribution < 1.29 is 13.2 Å². The maximum absolute atomic E-state index is 12.4. The molecule has 2 heterocycles. The highest BCUT2D eigenvalue weighted by Gasteiger charge is 2.20. The number of guanidine groups is 1. The lowest BCUT2D eigenvalue weighted by molar-refractivity contribution is 0.114. The van der Waals surface area contributed by atoms with E-state index in [9.17, 15) is 8.42 Å². The van der Waals surface area contributed by atoms with Crippen molar-refractivity contribution >= 4 is 16.0 Å². The van der Waals surface area contributed by atoms with Gasteiger partial charge in [-0.15, -0.1) is 0 Å². The molecule has 27 heavy (non-hydrogen) atoms. The number of sulfonamides is 1. The molecule has 1 atom stereocenters. The molecule has 0 saturated carbocycles. The van der Waals surface area contributed by atoms with Crippen LogP contribution in [0.4, 0.5) is 0 Å². The molecule has 1 unspecified atom stereocenters. The Hall–Kier alpha value is -1.64. The lowest BCUT2D eigenvalue weighted by Gasteiger charge is -2.20. The summed E-state index contributed by atoms with van der Waals surface area (Å²) in [7, 11) is -3.50. The van der Waals surface area contributed by atoms with Crippen LogP contribution in [-0.2, 0) is 21.3 Å². The Morgan fingerprint density at radius 2 is 1.96 bits per heavy atom. The van der Waals surface area contributed by atoms with E-state index in [1.165, 1.54) is 12.8 Å². The van der Waals surface area contributed by atoms with Gasteiger partial charge in [-0.1, -0.05) is 12.1 Å². The van der Waals surface area contributed by atoms with Crippen LogP contribution in [0, 0.1) is 0 Å². The first-order chi connectivity index (χ1) is 13.1. The van der Waals surface area contributed by atoms with Crippen molar-refractivity contribution in [3.05, 3.63) is 29.8 Å². The van der Waals surface area contributed by atoms with Gasteiger partial charge in [-0.05, 0) is 50.3 Å². The van der Waals surface area contributed by atoms with Crippen LogP contribution < -0.4 is 10.0 Å². The first kappa shape index (κ1) is 20.1. The van der Waals surface area contributed by atoms with E-state index >= 15 is 0 Å². The maximum Gasteiger partial charge on any atom is 0.240 e. The summed E-state index contributed by atoms with van der Waals surface area (Å²) in [5, 5.41) is 3.33. The van der Waals surface area contributed by atoms with Crippen LogP contribution in [0.3, 0.4) is 0 Å². The van der Waals surface area contributed by atoms with E-state index in [2.05, 4.69) is 21.9 Å². The number of benzene rings is 1. The van der Waals surface area contributed by atoms with Crippen LogP contribution in [0.2, 0.25) is 0 Å². The van der Waals surface area contributed by atoms with Crippen LogP contribution in [0.15, 0.2) is 34.2 Å². The van der Waals surface area contributed by atoms with Crippen molar-refractivity contribution in [1.29, 1.82) is 0 Å². The molecule has 2 aliphatic rings. The van der Waals surface area contributed by atoms with Crippen LogP contribution >= 0.6 is 0 Å². The van der Waals surface area contributed by atoms with Gasteiger partial charge in [-0.3, -0.25) is 0 Å². The van der Waals surface area contributed by atoms with Crippen molar-refractivity contribution in [2.24, 2.45) is 4.99 Å². The van der Waals surface area contributed by atoms with Crippen molar-refractivity contribution in [2.45, 2.75) is 50.2 Å². The molecule has 7 nitrogen and oxygen atoms in total. The van der Waals surface area contributed by atoms with Gasteiger partial charge in [0, 0.05) is 32.8 Å². The molecule has 0 aromatic heterocycles. The number of aliphatic imine (C=N–C) groups is 1. The average molecular weight is 395 g/mol. The van der Waals surface area contributed by atoms with Crippen molar-refractivity contribution in [3.8, 4) is 0 Å². The highest BCUT2D eigenvalue weighted by atomic mass is 32.2. The fourth-order valence-electron chi connectivity index (χ4n) is 3.39. The van der Waals surface area contributed by atoms with Crippen molar-refractivity contribution in [3.63, 3.8) is 0 Å². The Labute approximate surface area is 162 Å². The molecule has 0 aliphatic carbocycles. The average Bonchev–Trinajstić information content (AvgIpc) is 3.38. The number of nitrogens with zero attached hydrogens (tertiary/aromatic N) is 2. The van der Waals surface area contributed by atoms with Crippen LogP contribution in [0.5, 0.6) is 0 Å². The van der Waals surface area contributed by atoms with E-state index in [-0.39, 0.29) is 11.0 Å². The summed E-state index contributed by atoms with van der Waals surface area (Å²) < 4.78 is 32.9. The zero-order valence-electron chi connectivity index (χ0n) is 16.0. The van der Waals surface area contributed by atoms with Gasteiger partial charge in [0.25, 0.3) is 0 Å². The topological polar surface area (TPSA) is 83.0 Å². The molecule has 150 valence electrons. The number of rotatable bonds is 7. The molecule has 8 heteroatoms. The second-order valence-corrected chi connectivity index (χ2v) is 8.76. The third kappa shape index (κ3) is 5.67. The lowest BCUT2D eigenvalue weighted by atomic mass is 10.2. The second-order valence-electron chi connectivity index (χ2n) is 7.00. The Morgan fingerprint density at radius 3 is 2.59 bits per heavy atom. The van der Waals surface area contributed by atoms with E-state index in [0.717, 1.165) is 44.0 Å². The van der Waals surface area contributed by atoms with Gasteiger partial charge in [-0.25, -0.2) is 18.1 Å². The number of hydrogen-bond donors (Lipinski definition) is 2. The Balaban J connectivity index is 1.59. The number of likely N-dealkylation sites (tertiary alicyclic amines) is 1. The monoisotopic (exact) mass is 394 g/mol. The van der Waals surface area contributed by atoms with Crippen LogP contribution in [0.25, 0.3) is 0 Å². The molecule has 2 aliphatic heterocycles. The normalized spacial score (nSPS) is 21.0. The number of nitrogens with one attached hydrogen (secondary N) is 2. The number of ether oxygens (including phenoxy) is 1. The Morgan fingerprint density at radius 1 is 1.22 bits per heavy atom. The van der Waals surface area contributed by atoms with E-state index in [1.54, 1.807) is 12.1 Å². The molecule has 2 fully saturated rings. The molecular formula is C19H30N4O3S. The van der Waals surface area contributed by atoms with E-state index in [0.29, 0.717) is 19.7 Å². The maximum atomic E-state index is 12.4. The summed E-state index contributed by atoms with van der Waals surface area (Å²) in [4.78, 5) is 7.25. The van der Waals surface area contributed by atoms with Gasteiger partial charge in [0.2, 0.25) is 10.0 Å². The highest BCUT2D eigenvalue weighted by Crippen LogP contribution is 2.15. The van der Waals surface area contributed by atoms with Gasteiger partial charge in [-0.2, -0.15) is 0 Å². The molecule has 0 spiro atoms. The SMILES string of the molecule is CCNC(=NCc1ccc(S(=O)(=O)NCC2CCCO2)cc1)N1CCCC1. The Bertz CT molecular complexity index is 722. The van der Waals surface area contributed by atoms with Gasteiger partial charge in [0.05, 0.1) is 17.5 Å². The van der Waals surface area contributed by atoms with Crippen molar-refractivity contribution in [2.75, 3.05) is 32.8 Å². The minimum atomic E-state index is -3.50. The van der Waals surface area contributed by atoms with E-state index in [1.807, 2.05) is 12.1 Å². The summed E-state index contributed by atoms with van der Waals surface area (Å²) in [5.74, 6) is 0.935. The molecule has 2 saturated heterocycles. The van der Waals surface area contributed by atoms with E-state index < -0.39 is 10.0 Å². The van der Waals surface area contributed by atoms with Crippen LogP contribution in [0.1, 0.15) is 38.2 Å². The summed E-state index contributed by atoms with van der Waals surface area (Å²) >= 11 is 0. The number of hydrogen-bond acceptors (Lipinski definition) is 4. The predicted octanol–water partition coefficient (Wildman–Crippen LogP) is 1.71. The zero-order chi connectivity index (χ0) is 19.1. The van der Waals surface area contributed by atoms with Gasteiger partial charge < -0.3 is 15.0 Å². The van der Waals surface area contributed by atoms with Gasteiger partial charge >= 0.3 is 0 Å². The molecule has 3 rings (SSSR count). The van der Waals surface area contributed by atoms with Crippen molar-refractivity contribution in [1.82, 2.24) is 14.9 Å². The minimum absolute atomic E-state index is 0.0107. The second kappa shape index (κ2) is 9.52. The van der Waals surface area contributed by atoms with Crippen LogP contribution in [-0.4, -0.2) is 58.2 Å². The molecule has 2 N–H and O–H groups in total. The standard InChI is InChI=1S/C19H30N4O3S/c1-2-20-19(23-11-3-4-12-23)21-14-16-7-9-18(10-8-16)27(24,25)22-15-17-6-5-13-26-17/h7-10,17,22H,2-6,11-15H2,1H3,(H,20,21). The highest BCUT2D eigenvalue weighted by molar-refractivity contribution is 7.89. The lowest BCUT2D eigenvalue weighted by Crippen LogP contribution is -2.39. The first-order valence-corrected chi connectivity index (χ1v) is 11.3. The summed E-state index contributed by atoms with van der Waals surface area (Å²) in [5.41, 5.74) is 0.989. The summed E-state index contributed by atoms with van der Waals surface area (Å²) in [6, 6.07) is 6.95. The molecule has 1 aromatic carbocycles. The third-order valence-corrected chi connectivity index (χ3v) is 6.35. The third-order valence-electron chi connectivity index (χ3n) is 4.91. The largest absolute Gasteiger partial charge is 0.377 e. The minimum Gasteiger partial charge on any atom is -0.377 e. The fraction of sp³-hybridized carbons (Fsp3) is 0.632. The van der Waals surface area contributed by atoms with E-state index in [4.69, 9.17) is 9.73 Å².